The molecule has 166 valence electrons. The number of H-pyrrole nitrogens is 1. The van der Waals surface area contributed by atoms with Gasteiger partial charge < -0.3 is 0 Å². The highest BCUT2D eigenvalue weighted by Crippen LogP contribution is 2.29. The van der Waals surface area contributed by atoms with Gasteiger partial charge in [-0.15, -0.1) is 10.2 Å². The standard InChI is InChI=1S/C25H17N5O3S/c31-20(23-24(32)33-29-30(23)19-14-8-3-9-15-19)16-34-25-26-21(17-10-4-1-5-11-17)22(27-28-25)18-12-6-2-7-13-18/h1-15H,16H2/p+1. The Kier molecular flexibility index (Phi) is 6.09. The van der Waals surface area contributed by atoms with Gasteiger partial charge >= 0.3 is 11.3 Å². The van der Waals surface area contributed by atoms with Gasteiger partial charge in [-0.1, -0.05) is 90.6 Å². The molecule has 0 aliphatic rings. The number of benzene rings is 3. The number of carbonyl (C=O) groups is 1. The van der Waals surface area contributed by atoms with Crippen LogP contribution in [0.5, 0.6) is 0 Å². The van der Waals surface area contributed by atoms with Gasteiger partial charge in [-0.2, -0.15) is 0 Å². The third kappa shape index (κ3) is 4.41. The predicted octanol–water partition coefficient (Wildman–Crippen LogP) is 3.74. The predicted molar refractivity (Wildman–Crippen MR) is 127 cm³/mol. The largest absolute Gasteiger partial charge is 0.438 e. The third-order valence-corrected chi connectivity index (χ3v) is 5.86. The summed E-state index contributed by atoms with van der Waals surface area (Å²) in [5, 5.41) is 11.5. The number of hydrogen-bond acceptors (Lipinski definition) is 7. The van der Waals surface area contributed by atoms with Crippen molar-refractivity contribution in [1.82, 2.24) is 20.5 Å². The summed E-state index contributed by atoms with van der Waals surface area (Å²) in [6, 6.07) is 28.3. The Morgan fingerprint density at radius 2 is 1.41 bits per heavy atom. The van der Waals surface area contributed by atoms with Crippen LogP contribution in [-0.4, -0.2) is 32.0 Å². The van der Waals surface area contributed by atoms with Crippen LogP contribution in [0.2, 0.25) is 0 Å². The number of hydrogen-bond donors (Lipinski definition) is 1. The minimum absolute atomic E-state index is 0.0595. The number of aromatic amines is 1. The second-order valence-electron chi connectivity index (χ2n) is 7.24. The summed E-state index contributed by atoms with van der Waals surface area (Å²) in [6.07, 6.45) is 0. The maximum atomic E-state index is 12.9. The molecule has 0 aliphatic heterocycles. The fourth-order valence-corrected chi connectivity index (χ4v) is 4.08. The molecule has 0 radical (unpaired) electrons. The summed E-state index contributed by atoms with van der Waals surface area (Å²) >= 11 is 1.11. The number of para-hydroxylation sites is 1. The summed E-state index contributed by atoms with van der Waals surface area (Å²) in [4.78, 5) is 29.9. The van der Waals surface area contributed by atoms with Crippen LogP contribution in [-0.2, 0) is 0 Å². The van der Waals surface area contributed by atoms with Crippen LogP contribution >= 0.6 is 11.8 Å². The van der Waals surface area contributed by atoms with Crippen molar-refractivity contribution < 1.29 is 14.0 Å². The van der Waals surface area contributed by atoms with Gasteiger partial charge in [-0.25, -0.2) is 9.78 Å². The molecule has 2 aromatic heterocycles. The van der Waals surface area contributed by atoms with E-state index in [1.807, 2.05) is 66.7 Å². The first-order chi connectivity index (χ1) is 16.7. The Morgan fingerprint density at radius 3 is 2.06 bits per heavy atom. The first kappa shape index (κ1) is 21.5. The van der Waals surface area contributed by atoms with E-state index in [-0.39, 0.29) is 11.4 Å². The van der Waals surface area contributed by atoms with Crippen molar-refractivity contribution in [2.24, 2.45) is 0 Å². The highest BCUT2D eigenvalue weighted by atomic mass is 32.2. The third-order valence-electron chi connectivity index (χ3n) is 5.02. The summed E-state index contributed by atoms with van der Waals surface area (Å²) < 4.78 is 6.21. The van der Waals surface area contributed by atoms with E-state index in [1.165, 1.54) is 4.68 Å². The highest BCUT2D eigenvalue weighted by molar-refractivity contribution is 7.99. The molecule has 5 aromatic rings. The summed E-state index contributed by atoms with van der Waals surface area (Å²) in [6.45, 7) is 0. The normalized spacial score (nSPS) is 10.8. The molecule has 0 fully saturated rings. The van der Waals surface area contributed by atoms with Crippen molar-refractivity contribution in [3.63, 3.8) is 0 Å². The number of nitrogens with one attached hydrogen (secondary N) is 1. The van der Waals surface area contributed by atoms with Crippen LogP contribution in [0.4, 0.5) is 0 Å². The van der Waals surface area contributed by atoms with Crippen LogP contribution in [0.1, 0.15) is 10.5 Å². The van der Waals surface area contributed by atoms with E-state index in [0.717, 1.165) is 22.9 Å². The molecule has 0 aliphatic carbocycles. The van der Waals surface area contributed by atoms with Crippen molar-refractivity contribution >= 4 is 17.5 Å². The molecule has 8 nitrogen and oxygen atoms in total. The summed E-state index contributed by atoms with van der Waals surface area (Å²) in [7, 11) is 0. The topological polar surface area (TPSA) is 106 Å². The van der Waals surface area contributed by atoms with Gasteiger partial charge in [0.15, 0.2) is 0 Å². The Bertz CT molecular complexity index is 1490. The highest BCUT2D eigenvalue weighted by Gasteiger charge is 2.30. The molecule has 9 heteroatoms. The second kappa shape index (κ2) is 9.63. The van der Waals surface area contributed by atoms with E-state index in [2.05, 4.69) is 15.5 Å². The summed E-state index contributed by atoms with van der Waals surface area (Å²) in [5.41, 5.74) is 2.86. The molecule has 0 spiro atoms. The zero-order valence-electron chi connectivity index (χ0n) is 17.8. The molecule has 2 heterocycles. The Balaban J connectivity index is 1.44. The molecule has 0 atom stereocenters. The lowest BCUT2D eigenvalue weighted by Crippen LogP contribution is -2.41. The van der Waals surface area contributed by atoms with Crippen molar-refractivity contribution in [3.8, 4) is 28.2 Å². The van der Waals surface area contributed by atoms with E-state index < -0.39 is 11.4 Å². The molecule has 0 bridgehead atoms. The molecule has 0 saturated carbocycles. The first-order valence-corrected chi connectivity index (χ1v) is 11.4. The lowest BCUT2D eigenvalue weighted by molar-refractivity contribution is -0.672. The van der Waals surface area contributed by atoms with Crippen LogP contribution in [0.15, 0.2) is 105 Å². The zero-order chi connectivity index (χ0) is 23.3. The van der Waals surface area contributed by atoms with Crippen molar-refractivity contribution in [1.29, 1.82) is 0 Å². The van der Waals surface area contributed by atoms with Gasteiger partial charge in [0, 0.05) is 23.3 Å². The minimum atomic E-state index is -0.738. The van der Waals surface area contributed by atoms with Gasteiger partial charge in [0.05, 0.1) is 5.75 Å². The monoisotopic (exact) mass is 468 g/mol. The number of Topliss-reactive ketones (excluding diaryl/α,β-unsaturated/α-hetero) is 1. The minimum Gasteiger partial charge on any atom is -0.286 e. The van der Waals surface area contributed by atoms with E-state index in [0.29, 0.717) is 22.2 Å². The van der Waals surface area contributed by atoms with Crippen molar-refractivity contribution in [2.75, 3.05) is 5.75 Å². The van der Waals surface area contributed by atoms with Crippen LogP contribution in [0, 0.1) is 0 Å². The first-order valence-electron chi connectivity index (χ1n) is 10.4. The Morgan fingerprint density at radius 1 is 0.824 bits per heavy atom. The molecule has 0 amide bonds. The lowest BCUT2D eigenvalue weighted by Gasteiger charge is -2.09. The van der Waals surface area contributed by atoms with Crippen molar-refractivity contribution in [3.05, 3.63) is 107 Å². The van der Waals surface area contributed by atoms with Gasteiger partial charge in [0.1, 0.15) is 11.4 Å². The van der Waals surface area contributed by atoms with Gasteiger partial charge in [0.25, 0.3) is 0 Å². The lowest BCUT2D eigenvalue weighted by atomic mass is 10.0. The number of carbonyl (C=O) groups excluding carboxylic acids is 1. The smallest absolute Gasteiger partial charge is 0.286 e. The fraction of sp³-hybridized carbons (Fsp3) is 0.0400. The second-order valence-corrected chi connectivity index (χ2v) is 8.18. The number of nitrogens with zero attached hydrogens (tertiary/aromatic N) is 4. The SMILES string of the molecule is O=C(CSc1nnc(-c2ccccc2)c(-c2ccccc2)n1)c1c(=O)o[nH][n+]1-c1ccccc1. The van der Waals surface area contributed by atoms with E-state index >= 15 is 0 Å². The average molecular weight is 469 g/mol. The van der Waals surface area contributed by atoms with E-state index in [4.69, 9.17) is 9.51 Å². The fourth-order valence-electron chi connectivity index (χ4n) is 3.43. The van der Waals surface area contributed by atoms with E-state index in [9.17, 15) is 9.59 Å². The number of thioether (sulfide) groups is 1. The quantitative estimate of drug-likeness (QED) is 0.220. The average Bonchev–Trinajstić information content (AvgIpc) is 3.30. The molecular weight excluding hydrogens is 450 g/mol. The number of rotatable bonds is 7. The van der Waals surface area contributed by atoms with Crippen LogP contribution < -0.4 is 10.3 Å². The van der Waals surface area contributed by atoms with Gasteiger partial charge in [-0.3, -0.25) is 9.32 Å². The van der Waals surface area contributed by atoms with Crippen LogP contribution in [0.3, 0.4) is 0 Å². The summed E-state index contributed by atoms with van der Waals surface area (Å²) in [5.74, 6) is -0.475. The number of aromatic nitrogens is 5. The van der Waals surface area contributed by atoms with E-state index in [1.54, 1.807) is 24.3 Å². The van der Waals surface area contributed by atoms with Crippen molar-refractivity contribution in [2.45, 2.75) is 5.16 Å². The Labute approximate surface area is 198 Å². The number of ketones is 1. The molecule has 0 saturated heterocycles. The molecule has 0 unspecified atom stereocenters. The zero-order valence-corrected chi connectivity index (χ0v) is 18.6. The molecule has 1 N–H and O–H groups in total. The molecule has 3 aromatic carbocycles. The Hall–Kier alpha value is -4.37. The maximum Gasteiger partial charge on any atom is 0.438 e. The molecule has 34 heavy (non-hydrogen) atoms. The maximum absolute atomic E-state index is 12.9. The van der Waals surface area contributed by atoms with Crippen LogP contribution in [0.25, 0.3) is 28.2 Å². The van der Waals surface area contributed by atoms with Gasteiger partial charge in [0.2, 0.25) is 16.6 Å². The molecular formula is C25H18N5O3S+. The van der Waals surface area contributed by atoms with Gasteiger partial charge in [-0.05, 0) is 9.95 Å². The molecule has 5 rings (SSSR count).